The highest BCUT2D eigenvalue weighted by atomic mass is 16.7. The molecule has 6 nitrogen and oxygen atoms in total. The summed E-state index contributed by atoms with van der Waals surface area (Å²) in [5.74, 6) is -1.14. The van der Waals surface area contributed by atoms with Gasteiger partial charge in [-0.3, -0.25) is 19.2 Å². The molecule has 1 aromatic rings. The van der Waals surface area contributed by atoms with Crippen LogP contribution in [0.25, 0.3) is 0 Å². The molecular formula is C15H17NO5. The van der Waals surface area contributed by atoms with Gasteiger partial charge in [0.05, 0.1) is 24.3 Å². The Bertz CT molecular complexity index is 520. The number of carbonyl (C=O) groups is 3. The number of fused-ring (bicyclic) bond motifs is 1. The van der Waals surface area contributed by atoms with Crippen LogP contribution in [-0.4, -0.2) is 36.1 Å². The lowest BCUT2D eigenvalue weighted by molar-refractivity contribution is -0.143. The predicted octanol–water partition coefficient (Wildman–Crippen LogP) is 1.95. The molecule has 0 fully saturated rings. The van der Waals surface area contributed by atoms with Crippen molar-refractivity contribution < 1.29 is 24.0 Å². The monoisotopic (exact) mass is 291 g/mol. The number of imide groups is 1. The quantitative estimate of drug-likeness (QED) is 0.436. The zero-order chi connectivity index (χ0) is 15.2. The van der Waals surface area contributed by atoms with Gasteiger partial charge >= 0.3 is 5.97 Å². The fourth-order valence-corrected chi connectivity index (χ4v) is 2.04. The Morgan fingerprint density at radius 2 is 1.71 bits per heavy atom. The maximum atomic E-state index is 12.0. The minimum atomic E-state index is -0.444. The Morgan fingerprint density at radius 3 is 2.29 bits per heavy atom. The van der Waals surface area contributed by atoms with Gasteiger partial charge in [0.2, 0.25) is 0 Å². The summed E-state index contributed by atoms with van der Waals surface area (Å²) in [6, 6.07) is 6.60. The van der Waals surface area contributed by atoms with Gasteiger partial charge < -0.3 is 4.74 Å². The Kier molecular flexibility index (Phi) is 5.05. The summed E-state index contributed by atoms with van der Waals surface area (Å²) in [4.78, 5) is 40.3. The van der Waals surface area contributed by atoms with Crippen LogP contribution >= 0.6 is 0 Å². The maximum absolute atomic E-state index is 12.0. The molecule has 1 heterocycles. The Balaban J connectivity index is 1.77. The molecule has 0 radical (unpaired) electrons. The molecule has 1 aliphatic rings. The van der Waals surface area contributed by atoms with Gasteiger partial charge in [-0.1, -0.05) is 12.1 Å². The van der Waals surface area contributed by atoms with Gasteiger partial charge in [0.15, 0.2) is 0 Å². The van der Waals surface area contributed by atoms with Crippen molar-refractivity contribution >= 4 is 17.8 Å². The molecule has 0 saturated heterocycles. The number of benzene rings is 1. The molecule has 0 spiro atoms. The summed E-state index contributed by atoms with van der Waals surface area (Å²) in [5, 5.41) is 0.787. The minimum absolute atomic E-state index is 0.199. The normalized spacial score (nSPS) is 13.5. The van der Waals surface area contributed by atoms with Crippen molar-refractivity contribution in [2.45, 2.75) is 26.2 Å². The molecule has 0 atom stereocenters. The van der Waals surface area contributed by atoms with E-state index in [-0.39, 0.29) is 12.6 Å². The number of hydroxylamine groups is 2. The van der Waals surface area contributed by atoms with Gasteiger partial charge in [-0.05, 0) is 31.9 Å². The number of hydrogen-bond donors (Lipinski definition) is 0. The fourth-order valence-electron chi connectivity index (χ4n) is 2.04. The third-order valence-electron chi connectivity index (χ3n) is 3.06. The highest BCUT2D eigenvalue weighted by molar-refractivity contribution is 6.20. The van der Waals surface area contributed by atoms with Crippen molar-refractivity contribution in [1.82, 2.24) is 5.06 Å². The first-order valence-corrected chi connectivity index (χ1v) is 6.91. The first-order chi connectivity index (χ1) is 10.1. The largest absolute Gasteiger partial charge is 0.466 e. The molecule has 0 N–H and O–H groups in total. The summed E-state index contributed by atoms with van der Waals surface area (Å²) in [6.45, 7) is 2.32. The average molecular weight is 291 g/mol. The number of esters is 1. The molecule has 1 aromatic carbocycles. The van der Waals surface area contributed by atoms with Crippen molar-refractivity contribution in [2.75, 3.05) is 13.2 Å². The first kappa shape index (κ1) is 15.2. The average Bonchev–Trinajstić information content (AvgIpc) is 2.72. The molecule has 112 valence electrons. The van der Waals surface area contributed by atoms with E-state index in [1.807, 2.05) is 0 Å². The summed E-state index contributed by atoms with van der Waals surface area (Å²) in [7, 11) is 0. The summed E-state index contributed by atoms with van der Waals surface area (Å²) in [5.41, 5.74) is 0.711. The van der Waals surface area contributed by atoms with Crippen molar-refractivity contribution in [3.8, 4) is 0 Å². The van der Waals surface area contributed by atoms with Crippen LogP contribution < -0.4 is 0 Å². The number of nitrogens with zero attached hydrogens (tertiary/aromatic N) is 1. The summed E-state index contributed by atoms with van der Waals surface area (Å²) in [6.07, 6.45) is 1.45. The lowest BCUT2D eigenvalue weighted by atomic mass is 10.1. The molecule has 21 heavy (non-hydrogen) atoms. The topological polar surface area (TPSA) is 72.9 Å². The minimum Gasteiger partial charge on any atom is -0.466 e. The predicted molar refractivity (Wildman–Crippen MR) is 73.4 cm³/mol. The van der Waals surface area contributed by atoms with Gasteiger partial charge in [-0.2, -0.15) is 0 Å². The third-order valence-corrected chi connectivity index (χ3v) is 3.06. The van der Waals surface area contributed by atoms with Crippen molar-refractivity contribution in [1.29, 1.82) is 0 Å². The highest BCUT2D eigenvalue weighted by Crippen LogP contribution is 2.22. The second-order valence-electron chi connectivity index (χ2n) is 4.55. The zero-order valence-electron chi connectivity index (χ0n) is 11.8. The van der Waals surface area contributed by atoms with Crippen molar-refractivity contribution in [3.63, 3.8) is 0 Å². The van der Waals surface area contributed by atoms with E-state index in [9.17, 15) is 14.4 Å². The van der Waals surface area contributed by atoms with E-state index in [1.54, 1.807) is 31.2 Å². The zero-order valence-corrected chi connectivity index (χ0v) is 11.8. The summed E-state index contributed by atoms with van der Waals surface area (Å²) < 4.78 is 4.80. The van der Waals surface area contributed by atoms with Crippen LogP contribution in [0.15, 0.2) is 24.3 Å². The molecule has 0 aliphatic carbocycles. The van der Waals surface area contributed by atoms with Crippen molar-refractivity contribution in [2.24, 2.45) is 0 Å². The van der Waals surface area contributed by atoms with E-state index in [2.05, 4.69) is 0 Å². The highest BCUT2D eigenvalue weighted by Gasteiger charge is 2.36. The van der Waals surface area contributed by atoms with Crippen LogP contribution in [0.3, 0.4) is 0 Å². The number of carbonyl (C=O) groups excluding carboxylic acids is 3. The van der Waals surface area contributed by atoms with E-state index in [0.29, 0.717) is 37.0 Å². The Hall–Kier alpha value is -2.21. The number of unbranched alkanes of at least 4 members (excludes halogenated alkanes) is 1. The fraction of sp³-hybridized carbons (Fsp3) is 0.400. The van der Waals surface area contributed by atoms with Crippen molar-refractivity contribution in [3.05, 3.63) is 35.4 Å². The SMILES string of the molecule is CCOC(=O)CCCCON1C(=O)c2ccccc2C1=O. The van der Waals surface area contributed by atoms with E-state index >= 15 is 0 Å². The number of rotatable bonds is 7. The third kappa shape index (κ3) is 3.46. The van der Waals surface area contributed by atoms with E-state index in [0.717, 1.165) is 5.06 Å². The number of ether oxygens (including phenoxy) is 1. The van der Waals surface area contributed by atoms with Gasteiger partial charge in [0, 0.05) is 6.42 Å². The van der Waals surface area contributed by atoms with Crippen LogP contribution in [-0.2, 0) is 14.4 Å². The van der Waals surface area contributed by atoms with Crippen LogP contribution in [0, 0.1) is 0 Å². The Labute approximate surface area is 122 Å². The number of amides is 2. The van der Waals surface area contributed by atoms with E-state index in [1.165, 1.54) is 0 Å². The van der Waals surface area contributed by atoms with E-state index < -0.39 is 11.8 Å². The second-order valence-corrected chi connectivity index (χ2v) is 4.55. The van der Waals surface area contributed by atoms with Crippen LogP contribution in [0.4, 0.5) is 0 Å². The summed E-state index contributed by atoms with van der Waals surface area (Å²) >= 11 is 0. The van der Waals surface area contributed by atoms with Gasteiger partial charge in [-0.25, -0.2) is 0 Å². The molecule has 2 amide bonds. The van der Waals surface area contributed by atoms with Crippen LogP contribution in [0.2, 0.25) is 0 Å². The maximum Gasteiger partial charge on any atom is 0.305 e. The molecule has 0 bridgehead atoms. The van der Waals surface area contributed by atoms with Crippen LogP contribution in [0.5, 0.6) is 0 Å². The molecule has 6 heteroatoms. The van der Waals surface area contributed by atoms with Crippen LogP contribution in [0.1, 0.15) is 46.9 Å². The van der Waals surface area contributed by atoms with E-state index in [4.69, 9.17) is 9.57 Å². The smallest absolute Gasteiger partial charge is 0.305 e. The van der Waals surface area contributed by atoms with Gasteiger partial charge in [0.1, 0.15) is 0 Å². The number of hydrogen-bond acceptors (Lipinski definition) is 5. The molecule has 1 aliphatic heterocycles. The molecule has 2 rings (SSSR count). The standard InChI is InChI=1S/C15H17NO5/c1-2-20-13(17)9-5-6-10-21-16-14(18)11-7-3-4-8-12(11)15(16)19/h3-4,7-8H,2,5-6,9-10H2,1H3. The molecular weight excluding hydrogens is 274 g/mol. The second kappa shape index (κ2) is 6.99. The van der Waals surface area contributed by atoms with Gasteiger partial charge in [0.25, 0.3) is 11.8 Å². The Morgan fingerprint density at radius 1 is 1.10 bits per heavy atom. The molecule has 0 saturated carbocycles. The lowest BCUT2D eigenvalue weighted by Gasteiger charge is -2.12. The first-order valence-electron chi connectivity index (χ1n) is 6.91. The molecule has 0 unspecified atom stereocenters. The molecule has 0 aromatic heterocycles. The lowest BCUT2D eigenvalue weighted by Crippen LogP contribution is -2.30. The van der Waals surface area contributed by atoms with Gasteiger partial charge in [-0.15, -0.1) is 5.06 Å².